The number of carbonyl (C=O) groups excluding carboxylic acids is 2. The van der Waals surface area contributed by atoms with Crippen LogP contribution in [0.2, 0.25) is 40.2 Å². The maximum Gasteiger partial charge on any atom is 0.354 e. The molecule has 6 rings (SSSR count). The van der Waals surface area contributed by atoms with Crippen LogP contribution in [0.4, 0.5) is 28.9 Å². The fourth-order valence-electron chi connectivity index (χ4n) is 4.42. The number of hydrogen-bond acceptors (Lipinski definition) is 8. The lowest BCUT2D eigenvalue weighted by Crippen LogP contribution is -2.15. The number of carbonyl (C=O) groups is 3. The Bertz CT molecular complexity index is 2560. The molecule has 11 nitrogen and oxygen atoms in total. The van der Waals surface area contributed by atoms with Crippen LogP contribution in [-0.4, -0.2) is 51.9 Å². The molecule has 60 heavy (non-hydrogen) atoms. The first-order chi connectivity index (χ1) is 28.1. The average molecular weight is 997 g/mol. The molecule has 320 valence electrons. The topological polar surface area (TPSA) is 172 Å². The molecule has 0 aliphatic carbocycles. The highest BCUT2D eigenvalue weighted by Crippen LogP contribution is 2.34. The molecule has 6 N–H and O–H groups in total. The number of nitrogens with one attached hydrogen (secondary N) is 3. The largest absolute Gasteiger partial charge is 0.477 e. The predicted molar refractivity (Wildman–Crippen MR) is 230 cm³/mol. The van der Waals surface area contributed by atoms with Gasteiger partial charge in [-0.05, 0) is 69.3 Å². The van der Waals surface area contributed by atoms with Crippen molar-refractivity contribution in [1.29, 1.82) is 0 Å². The van der Waals surface area contributed by atoms with Gasteiger partial charge in [-0.1, -0.05) is 92.8 Å². The molecule has 0 saturated carbocycles. The van der Waals surface area contributed by atoms with Gasteiger partial charge >= 0.3 is 17.9 Å². The Labute approximate surface area is 377 Å². The number of carboxylic acids is 1. The normalized spacial score (nSPS) is 10.8. The van der Waals surface area contributed by atoms with E-state index in [9.17, 15) is 31.9 Å². The van der Waals surface area contributed by atoms with Gasteiger partial charge in [-0.3, -0.25) is 5.43 Å². The first-order valence-electron chi connectivity index (χ1n) is 16.4. The van der Waals surface area contributed by atoms with Gasteiger partial charge in [0.1, 0.15) is 17.1 Å². The molecule has 23 heteroatoms. The number of halogens is 12. The lowest BCUT2D eigenvalue weighted by Gasteiger charge is -2.05. The van der Waals surface area contributed by atoms with Crippen molar-refractivity contribution in [2.24, 2.45) is 5.10 Å². The zero-order valence-electron chi connectivity index (χ0n) is 30.6. The van der Waals surface area contributed by atoms with E-state index in [0.29, 0.717) is 33.2 Å². The Hall–Kier alpha value is -4.32. The van der Waals surface area contributed by atoms with Crippen molar-refractivity contribution in [3.05, 3.63) is 123 Å². The van der Waals surface area contributed by atoms with E-state index in [1.165, 1.54) is 55.5 Å². The Morgan fingerprint density at radius 2 is 1.05 bits per heavy atom. The van der Waals surface area contributed by atoms with Gasteiger partial charge in [0, 0.05) is 27.5 Å². The quantitative estimate of drug-likeness (QED) is 0.0263. The first-order valence-corrected chi connectivity index (χ1v) is 19.4. The van der Waals surface area contributed by atoms with Crippen molar-refractivity contribution in [3.63, 3.8) is 0 Å². The predicted octanol–water partition coefficient (Wildman–Crippen LogP) is 13.3. The lowest BCUT2D eigenvalue weighted by molar-refractivity contribution is -0.135. The van der Waals surface area contributed by atoms with Crippen molar-refractivity contribution < 1.29 is 46.5 Å². The van der Waals surface area contributed by atoms with E-state index in [1.807, 2.05) is 0 Å². The lowest BCUT2D eigenvalue weighted by atomic mass is 10.2. The molecule has 0 atom stereocenters. The zero-order valence-corrected chi connectivity index (χ0v) is 36.6. The molecule has 0 bridgehead atoms. The third kappa shape index (κ3) is 13.1. The summed E-state index contributed by atoms with van der Waals surface area (Å²) in [4.78, 5) is 38.7. The number of benzene rings is 4. The van der Waals surface area contributed by atoms with Crippen LogP contribution in [-0.2, 0) is 14.3 Å². The summed E-state index contributed by atoms with van der Waals surface area (Å²) in [6.07, 6.45) is 0. The standard InChI is InChI=1S/C11H11Cl2FN2O2.C11H8Cl2FNO2.C9H4Cl2FNO2.C6H4Cl2FN/c1-3-18-11(17)6(2)15-16-7-4-8(12)10(14)9(13)5-7;1-2-17-11(16)8-3-5-7(15-8)4-6(12)10(14)9(5)13;10-4-2-5-3(7(11)8(4)12)1-6(13-5)9(14)15;7-4-1-3(10)2-5(8)6(4)9/h4-5,16H,3H2,1-2H3;3-4,15H,2H2,1H3;1-2,13H,(H,14,15);1-2H,10H2/b15-6+;;;. The molecule has 2 heterocycles. The Kier molecular flexibility index (Phi) is 18.8. The first kappa shape index (κ1) is 50.0. The number of aromatic amines is 2. The Morgan fingerprint density at radius 3 is 1.48 bits per heavy atom. The summed E-state index contributed by atoms with van der Waals surface area (Å²) < 4.78 is 62.0. The third-order valence-electron chi connectivity index (χ3n) is 7.16. The molecule has 0 unspecified atom stereocenters. The molecule has 4 aromatic carbocycles. The van der Waals surface area contributed by atoms with Gasteiger partial charge < -0.3 is 30.3 Å². The number of hydrazone groups is 1. The number of ether oxygens (including phenoxy) is 2. The fourth-order valence-corrected chi connectivity index (χ4v) is 6.43. The van der Waals surface area contributed by atoms with Crippen LogP contribution in [0.3, 0.4) is 0 Å². The number of rotatable bonds is 7. The number of nitrogens with zero attached hydrogens (tertiary/aromatic N) is 1. The van der Waals surface area contributed by atoms with Gasteiger partial charge in [0.15, 0.2) is 23.3 Å². The minimum Gasteiger partial charge on any atom is -0.477 e. The summed E-state index contributed by atoms with van der Waals surface area (Å²) in [6.45, 7) is 5.40. The molecule has 2 aromatic heterocycles. The maximum atomic E-state index is 13.4. The highest BCUT2D eigenvalue weighted by molar-refractivity contribution is 6.40. The minimum absolute atomic E-state index is 0.0509. The molecule has 0 saturated heterocycles. The number of aromatic carboxylic acids is 1. The highest BCUT2D eigenvalue weighted by atomic mass is 35.5. The molecular weight excluding hydrogens is 970 g/mol. The molecule has 0 spiro atoms. The summed E-state index contributed by atoms with van der Waals surface area (Å²) in [5, 5.41) is 12.3. The number of anilines is 2. The van der Waals surface area contributed by atoms with Gasteiger partial charge in [0.2, 0.25) is 0 Å². The highest BCUT2D eigenvalue weighted by Gasteiger charge is 2.17. The second-order valence-electron chi connectivity index (χ2n) is 11.4. The zero-order chi connectivity index (χ0) is 45.2. The van der Waals surface area contributed by atoms with Crippen molar-refractivity contribution >= 4 is 150 Å². The van der Waals surface area contributed by atoms with Crippen molar-refractivity contribution in [1.82, 2.24) is 9.97 Å². The van der Waals surface area contributed by atoms with Crippen molar-refractivity contribution in [3.8, 4) is 0 Å². The molecule has 0 aliphatic rings. The van der Waals surface area contributed by atoms with Gasteiger partial charge in [-0.15, -0.1) is 0 Å². The van der Waals surface area contributed by atoms with Crippen LogP contribution in [0.1, 0.15) is 41.7 Å². The van der Waals surface area contributed by atoms with Crippen LogP contribution in [0.15, 0.2) is 53.6 Å². The van der Waals surface area contributed by atoms with Crippen LogP contribution in [0, 0.1) is 23.3 Å². The van der Waals surface area contributed by atoms with E-state index < -0.39 is 41.2 Å². The van der Waals surface area contributed by atoms with E-state index in [4.69, 9.17) is 113 Å². The van der Waals surface area contributed by atoms with Crippen LogP contribution in [0.5, 0.6) is 0 Å². The second kappa shape index (κ2) is 22.5. The average Bonchev–Trinajstić information content (AvgIpc) is 3.82. The van der Waals surface area contributed by atoms with E-state index in [1.54, 1.807) is 13.8 Å². The van der Waals surface area contributed by atoms with Crippen LogP contribution < -0.4 is 11.2 Å². The number of hydrogen-bond donors (Lipinski definition) is 5. The van der Waals surface area contributed by atoms with E-state index in [0.717, 1.165) is 0 Å². The smallest absolute Gasteiger partial charge is 0.354 e. The number of fused-ring (bicyclic) bond motifs is 2. The summed E-state index contributed by atoms with van der Waals surface area (Å²) in [6, 6.07) is 10.6. The van der Waals surface area contributed by atoms with Crippen molar-refractivity contribution in [2.75, 3.05) is 24.4 Å². The minimum atomic E-state index is -1.14. The van der Waals surface area contributed by atoms with Crippen LogP contribution >= 0.6 is 92.8 Å². The second-order valence-corrected chi connectivity index (χ2v) is 14.6. The van der Waals surface area contributed by atoms with Gasteiger partial charge in [-0.25, -0.2) is 31.9 Å². The van der Waals surface area contributed by atoms with Gasteiger partial charge in [0.25, 0.3) is 0 Å². The SMILES string of the molecule is CCOC(=O)/C(C)=N/Nc1cc(Cl)c(F)c(Cl)c1.CCOC(=O)c1cc2c(Cl)c(F)c(Cl)cc2[nH]1.Nc1cc(Cl)c(F)c(Cl)c1.O=C(O)c1cc2c(Cl)c(F)c(Cl)cc2[nH]1. The number of carboxylic acid groups (broad SMARTS) is 1. The molecule has 0 fully saturated rings. The molecule has 6 aromatic rings. The number of H-pyrrole nitrogens is 2. The van der Waals surface area contributed by atoms with Gasteiger partial charge in [-0.2, -0.15) is 5.10 Å². The van der Waals surface area contributed by atoms with Gasteiger partial charge in [0.05, 0.1) is 59.1 Å². The van der Waals surface area contributed by atoms with E-state index >= 15 is 0 Å². The molecular formula is C37H27Cl8F4N5O6. The number of aromatic nitrogens is 2. The maximum absolute atomic E-state index is 13.4. The molecule has 0 aliphatic heterocycles. The Balaban J connectivity index is 0.000000217. The fraction of sp³-hybridized carbons (Fsp3) is 0.135. The van der Waals surface area contributed by atoms with Crippen molar-refractivity contribution in [2.45, 2.75) is 20.8 Å². The molecule has 0 amide bonds. The van der Waals surface area contributed by atoms with E-state index in [-0.39, 0.29) is 70.5 Å². The monoisotopic (exact) mass is 993 g/mol. The number of nitrogen functional groups attached to an aromatic ring is 1. The Morgan fingerprint density at radius 1 is 0.650 bits per heavy atom. The summed E-state index contributed by atoms with van der Waals surface area (Å²) in [5.41, 5.74) is 9.73. The number of nitrogens with two attached hydrogens (primary N) is 1. The summed E-state index contributed by atoms with van der Waals surface area (Å²) in [7, 11) is 0. The number of esters is 2. The molecule has 0 radical (unpaired) electrons. The third-order valence-corrected chi connectivity index (χ3v) is 9.54. The van der Waals surface area contributed by atoms with Crippen LogP contribution in [0.25, 0.3) is 21.8 Å². The summed E-state index contributed by atoms with van der Waals surface area (Å²) in [5.74, 6) is -4.97. The van der Waals surface area contributed by atoms with E-state index in [2.05, 4.69) is 20.5 Å². The summed E-state index contributed by atoms with van der Waals surface area (Å²) >= 11 is 44.6.